The number of rotatable bonds is 3. The second kappa shape index (κ2) is 3.06. The quantitative estimate of drug-likeness (QED) is 0.714. The second-order valence-corrected chi connectivity index (χ2v) is 6.41. The van der Waals surface area contributed by atoms with E-state index in [4.69, 9.17) is 5.73 Å². The third-order valence-electron chi connectivity index (χ3n) is 4.03. The lowest BCUT2D eigenvalue weighted by Gasteiger charge is -2.29. The fraction of sp³-hybridized carbons (Fsp3) is 0.833. The van der Waals surface area contributed by atoms with Crippen molar-refractivity contribution in [1.82, 2.24) is 4.90 Å². The average Bonchev–Trinajstić information content (AvgIpc) is 2.65. The molecule has 0 bridgehead atoms. The van der Waals surface area contributed by atoms with Crippen molar-refractivity contribution < 1.29 is 9.59 Å². The SMILES string of the molecule is CC(C)(CN)CN1C(=O)C2C(C1=O)C2(C)C. The number of nitrogens with two attached hydrogens (primary N) is 1. The van der Waals surface area contributed by atoms with Gasteiger partial charge in [0.2, 0.25) is 11.8 Å². The molecule has 2 unspecified atom stereocenters. The van der Waals surface area contributed by atoms with Gasteiger partial charge in [0, 0.05) is 6.54 Å². The number of nitrogens with zero attached hydrogens (tertiary/aromatic N) is 1. The van der Waals surface area contributed by atoms with E-state index in [1.165, 1.54) is 4.90 Å². The number of carbonyl (C=O) groups is 2. The molecule has 0 spiro atoms. The van der Waals surface area contributed by atoms with Crippen LogP contribution in [0.15, 0.2) is 0 Å². The predicted octanol–water partition coefficient (Wildman–Crippen LogP) is 0.612. The molecule has 90 valence electrons. The van der Waals surface area contributed by atoms with Gasteiger partial charge in [-0.1, -0.05) is 27.7 Å². The van der Waals surface area contributed by atoms with Crippen molar-refractivity contribution >= 4 is 11.8 Å². The molecule has 4 heteroatoms. The van der Waals surface area contributed by atoms with Gasteiger partial charge in [-0.2, -0.15) is 0 Å². The molecular weight excluding hydrogens is 204 g/mol. The Morgan fingerprint density at radius 2 is 1.69 bits per heavy atom. The smallest absolute Gasteiger partial charge is 0.233 e. The number of carbonyl (C=O) groups excluding carboxylic acids is 2. The molecule has 0 aromatic carbocycles. The minimum atomic E-state index is -0.188. The Bertz CT molecular complexity index is 336. The van der Waals surface area contributed by atoms with Gasteiger partial charge in [0.15, 0.2) is 0 Å². The van der Waals surface area contributed by atoms with Crippen molar-refractivity contribution in [3.8, 4) is 0 Å². The Labute approximate surface area is 96.2 Å². The molecule has 2 fully saturated rings. The summed E-state index contributed by atoms with van der Waals surface area (Å²) in [7, 11) is 0. The minimum Gasteiger partial charge on any atom is -0.330 e. The summed E-state index contributed by atoms with van der Waals surface area (Å²) in [5.74, 6) is -0.148. The summed E-state index contributed by atoms with van der Waals surface area (Å²) in [6.45, 7) is 8.85. The Kier molecular flexibility index (Phi) is 2.22. The molecule has 2 rings (SSSR count). The van der Waals surface area contributed by atoms with Crippen molar-refractivity contribution in [3.63, 3.8) is 0 Å². The summed E-state index contributed by atoms with van der Waals surface area (Å²) in [6.07, 6.45) is 0. The summed E-state index contributed by atoms with van der Waals surface area (Å²) in [5.41, 5.74) is 5.32. The van der Waals surface area contributed by atoms with Crippen LogP contribution in [0, 0.1) is 22.7 Å². The van der Waals surface area contributed by atoms with E-state index in [-0.39, 0.29) is 34.5 Å². The number of fused-ring (bicyclic) bond motifs is 1. The summed E-state index contributed by atoms with van der Waals surface area (Å²) in [4.78, 5) is 25.5. The summed E-state index contributed by atoms with van der Waals surface area (Å²) >= 11 is 0. The standard InChI is InChI=1S/C12H20N2O2/c1-11(2,5-13)6-14-9(15)7-8(10(14)16)12(7,3)4/h7-8H,5-6,13H2,1-4H3. The second-order valence-electron chi connectivity index (χ2n) is 6.41. The molecule has 2 aliphatic rings. The monoisotopic (exact) mass is 224 g/mol. The number of hydrogen-bond acceptors (Lipinski definition) is 3. The fourth-order valence-corrected chi connectivity index (χ4v) is 2.65. The van der Waals surface area contributed by atoms with E-state index in [2.05, 4.69) is 0 Å². The maximum absolute atomic E-state index is 12.0. The van der Waals surface area contributed by atoms with Crippen LogP contribution in [0.1, 0.15) is 27.7 Å². The highest BCUT2D eigenvalue weighted by Crippen LogP contribution is 2.63. The Hall–Kier alpha value is -0.900. The van der Waals surface area contributed by atoms with Crippen molar-refractivity contribution in [2.75, 3.05) is 13.1 Å². The normalized spacial score (nSPS) is 31.9. The number of imide groups is 1. The zero-order valence-corrected chi connectivity index (χ0v) is 10.4. The maximum atomic E-state index is 12.0. The first-order valence-electron chi connectivity index (χ1n) is 5.78. The molecular formula is C12H20N2O2. The van der Waals surface area contributed by atoms with Crippen molar-refractivity contribution in [2.24, 2.45) is 28.4 Å². The van der Waals surface area contributed by atoms with E-state index in [0.29, 0.717) is 13.1 Å². The Morgan fingerprint density at radius 1 is 1.25 bits per heavy atom. The highest BCUT2D eigenvalue weighted by Gasteiger charge is 2.72. The molecule has 1 saturated carbocycles. The lowest BCUT2D eigenvalue weighted by atomic mass is 9.92. The van der Waals surface area contributed by atoms with Crippen LogP contribution in [-0.2, 0) is 9.59 Å². The van der Waals surface area contributed by atoms with Crippen LogP contribution >= 0.6 is 0 Å². The number of piperidine rings is 1. The number of amides is 2. The first-order valence-corrected chi connectivity index (χ1v) is 5.78. The molecule has 4 nitrogen and oxygen atoms in total. The van der Waals surface area contributed by atoms with Crippen LogP contribution in [0.3, 0.4) is 0 Å². The Balaban J connectivity index is 2.12. The molecule has 2 N–H and O–H groups in total. The van der Waals surface area contributed by atoms with Crippen molar-refractivity contribution in [2.45, 2.75) is 27.7 Å². The topological polar surface area (TPSA) is 63.4 Å². The predicted molar refractivity (Wildman–Crippen MR) is 60.3 cm³/mol. The fourth-order valence-electron chi connectivity index (χ4n) is 2.65. The number of hydrogen-bond donors (Lipinski definition) is 1. The first kappa shape index (κ1) is 11.6. The highest BCUT2D eigenvalue weighted by atomic mass is 16.2. The molecule has 1 saturated heterocycles. The van der Waals surface area contributed by atoms with E-state index >= 15 is 0 Å². The summed E-state index contributed by atoms with van der Waals surface area (Å²) < 4.78 is 0. The van der Waals surface area contributed by atoms with Crippen LogP contribution in [0.2, 0.25) is 0 Å². The van der Waals surface area contributed by atoms with Crippen LogP contribution < -0.4 is 5.73 Å². The van der Waals surface area contributed by atoms with Crippen molar-refractivity contribution in [3.05, 3.63) is 0 Å². The van der Waals surface area contributed by atoms with E-state index in [9.17, 15) is 9.59 Å². The maximum Gasteiger partial charge on any atom is 0.233 e. The summed E-state index contributed by atoms with van der Waals surface area (Å²) in [5, 5.41) is 0. The van der Waals surface area contributed by atoms with Gasteiger partial charge in [0.25, 0.3) is 0 Å². The molecule has 0 aromatic heterocycles. The van der Waals surface area contributed by atoms with Gasteiger partial charge in [-0.15, -0.1) is 0 Å². The van der Waals surface area contributed by atoms with Gasteiger partial charge in [-0.3, -0.25) is 14.5 Å². The minimum absolute atomic E-state index is 0.00141. The van der Waals surface area contributed by atoms with Gasteiger partial charge in [-0.05, 0) is 17.4 Å². The molecule has 0 aromatic rings. The van der Waals surface area contributed by atoms with Crippen LogP contribution in [0.25, 0.3) is 0 Å². The Morgan fingerprint density at radius 3 is 2.06 bits per heavy atom. The molecule has 1 heterocycles. The molecule has 2 atom stereocenters. The van der Waals surface area contributed by atoms with E-state index < -0.39 is 0 Å². The number of likely N-dealkylation sites (tertiary alicyclic amines) is 1. The van der Waals surface area contributed by atoms with E-state index in [0.717, 1.165) is 0 Å². The average molecular weight is 224 g/mol. The zero-order chi connectivity index (χ0) is 12.3. The first-order chi connectivity index (χ1) is 7.22. The van der Waals surface area contributed by atoms with E-state index in [1.807, 2.05) is 27.7 Å². The van der Waals surface area contributed by atoms with Crippen LogP contribution in [-0.4, -0.2) is 29.8 Å². The third kappa shape index (κ3) is 1.39. The van der Waals surface area contributed by atoms with E-state index in [1.54, 1.807) is 0 Å². The third-order valence-corrected chi connectivity index (χ3v) is 4.03. The highest BCUT2D eigenvalue weighted by molar-refractivity contribution is 6.10. The largest absolute Gasteiger partial charge is 0.330 e. The molecule has 16 heavy (non-hydrogen) atoms. The van der Waals surface area contributed by atoms with Crippen molar-refractivity contribution in [1.29, 1.82) is 0 Å². The van der Waals surface area contributed by atoms with Gasteiger partial charge in [0.05, 0.1) is 11.8 Å². The van der Waals surface area contributed by atoms with Gasteiger partial charge in [-0.25, -0.2) is 0 Å². The van der Waals surface area contributed by atoms with Gasteiger partial charge in [0.1, 0.15) is 0 Å². The summed E-state index contributed by atoms with van der Waals surface area (Å²) in [6, 6.07) is 0. The van der Waals surface area contributed by atoms with Crippen LogP contribution in [0.4, 0.5) is 0 Å². The zero-order valence-electron chi connectivity index (χ0n) is 10.4. The van der Waals surface area contributed by atoms with Crippen LogP contribution in [0.5, 0.6) is 0 Å². The lowest BCUT2D eigenvalue weighted by molar-refractivity contribution is -0.144. The molecule has 1 aliphatic heterocycles. The van der Waals surface area contributed by atoms with Gasteiger partial charge >= 0.3 is 0 Å². The molecule has 0 radical (unpaired) electrons. The molecule has 2 amide bonds. The molecule has 1 aliphatic carbocycles. The lowest BCUT2D eigenvalue weighted by Crippen LogP contribution is -2.44. The van der Waals surface area contributed by atoms with Gasteiger partial charge < -0.3 is 5.73 Å².